The van der Waals surface area contributed by atoms with Crippen LogP contribution in [-0.4, -0.2) is 6.21 Å². The van der Waals surface area contributed by atoms with E-state index >= 15 is 0 Å². The second-order valence-electron chi connectivity index (χ2n) is 2.73. The fourth-order valence-electron chi connectivity index (χ4n) is 1.31. The first-order valence-corrected chi connectivity index (χ1v) is 4.48. The van der Waals surface area contributed by atoms with E-state index in [1.54, 1.807) is 0 Å². The Labute approximate surface area is 81.0 Å². The Morgan fingerprint density at radius 1 is 1.25 bits per heavy atom. The standard InChI is InChI=1S/C9H7Cl2N/c10-8-2-1-6-3-4-12-5-7(6)9(8)11/h1-2,4H,3,5H2. The van der Waals surface area contributed by atoms with Crippen LogP contribution in [-0.2, 0) is 13.0 Å². The van der Waals surface area contributed by atoms with Gasteiger partial charge in [0.1, 0.15) is 0 Å². The van der Waals surface area contributed by atoms with Gasteiger partial charge in [0, 0.05) is 12.6 Å². The smallest absolute Gasteiger partial charge is 0.0653 e. The van der Waals surface area contributed by atoms with Gasteiger partial charge in [-0.2, -0.15) is 0 Å². The number of aliphatic imine (C=N–C) groups is 1. The van der Waals surface area contributed by atoms with Crippen LogP contribution in [0.2, 0.25) is 10.0 Å². The first-order valence-electron chi connectivity index (χ1n) is 3.73. The number of benzene rings is 1. The molecule has 1 heterocycles. The highest BCUT2D eigenvalue weighted by molar-refractivity contribution is 6.42. The SMILES string of the molecule is Clc1ccc2c(c1Cl)CN=CC2. The predicted octanol–water partition coefficient (Wildman–Crippen LogP) is 3.12. The summed E-state index contributed by atoms with van der Waals surface area (Å²) in [6.07, 6.45) is 2.78. The lowest BCUT2D eigenvalue weighted by atomic mass is 10.0. The van der Waals surface area contributed by atoms with Crippen LogP contribution in [0.4, 0.5) is 0 Å². The molecule has 0 aliphatic carbocycles. The maximum atomic E-state index is 6.01. The number of rotatable bonds is 0. The fraction of sp³-hybridized carbons (Fsp3) is 0.222. The van der Waals surface area contributed by atoms with Crippen LogP contribution < -0.4 is 0 Å². The van der Waals surface area contributed by atoms with Crippen molar-refractivity contribution < 1.29 is 0 Å². The lowest BCUT2D eigenvalue weighted by Crippen LogP contribution is -2.01. The zero-order chi connectivity index (χ0) is 8.55. The van der Waals surface area contributed by atoms with Crippen LogP contribution in [0.1, 0.15) is 11.1 Å². The summed E-state index contributed by atoms with van der Waals surface area (Å²) in [5.74, 6) is 0. The zero-order valence-electron chi connectivity index (χ0n) is 6.35. The molecule has 0 N–H and O–H groups in total. The van der Waals surface area contributed by atoms with Crippen molar-refractivity contribution in [3.8, 4) is 0 Å². The molecule has 1 aromatic rings. The van der Waals surface area contributed by atoms with Crippen LogP contribution in [0.25, 0.3) is 0 Å². The van der Waals surface area contributed by atoms with Crippen molar-refractivity contribution in [3.05, 3.63) is 33.3 Å². The molecule has 0 fully saturated rings. The van der Waals surface area contributed by atoms with E-state index in [9.17, 15) is 0 Å². The topological polar surface area (TPSA) is 12.4 Å². The molecule has 1 aliphatic rings. The third kappa shape index (κ3) is 1.23. The molecule has 1 aromatic carbocycles. The highest BCUT2D eigenvalue weighted by Gasteiger charge is 2.11. The minimum atomic E-state index is 0.618. The summed E-state index contributed by atoms with van der Waals surface area (Å²) >= 11 is 11.9. The lowest BCUT2D eigenvalue weighted by Gasteiger charge is -2.12. The van der Waals surface area contributed by atoms with Gasteiger partial charge in [-0.25, -0.2) is 0 Å². The summed E-state index contributed by atoms with van der Waals surface area (Å²) in [6.45, 7) is 0.661. The van der Waals surface area contributed by atoms with E-state index in [0.29, 0.717) is 16.6 Å². The molecule has 0 saturated heterocycles. The van der Waals surface area contributed by atoms with Gasteiger partial charge in [0.05, 0.1) is 16.6 Å². The molecule has 3 heteroatoms. The Morgan fingerprint density at radius 2 is 2.08 bits per heavy atom. The monoisotopic (exact) mass is 199 g/mol. The average Bonchev–Trinajstić information content (AvgIpc) is 2.12. The second kappa shape index (κ2) is 3.08. The Hall–Kier alpha value is -0.530. The van der Waals surface area contributed by atoms with E-state index in [0.717, 1.165) is 12.0 Å². The summed E-state index contributed by atoms with van der Waals surface area (Å²) in [5.41, 5.74) is 2.31. The molecule has 0 radical (unpaired) electrons. The van der Waals surface area contributed by atoms with Crippen molar-refractivity contribution in [1.82, 2.24) is 0 Å². The molecule has 0 aromatic heterocycles. The lowest BCUT2D eigenvalue weighted by molar-refractivity contribution is 1.00. The average molecular weight is 200 g/mol. The molecule has 0 amide bonds. The Morgan fingerprint density at radius 3 is 2.92 bits per heavy atom. The third-order valence-corrected chi connectivity index (χ3v) is 2.83. The van der Waals surface area contributed by atoms with Crippen molar-refractivity contribution in [2.45, 2.75) is 13.0 Å². The minimum absolute atomic E-state index is 0.618. The number of hydrogen-bond donors (Lipinski definition) is 0. The largest absolute Gasteiger partial charge is 0.292 e. The highest BCUT2D eigenvalue weighted by Crippen LogP contribution is 2.30. The van der Waals surface area contributed by atoms with Crippen LogP contribution in [0.3, 0.4) is 0 Å². The van der Waals surface area contributed by atoms with Crippen LogP contribution in [0, 0.1) is 0 Å². The summed E-state index contributed by atoms with van der Waals surface area (Å²) in [4.78, 5) is 4.15. The van der Waals surface area contributed by atoms with Gasteiger partial charge in [-0.1, -0.05) is 29.3 Å². The van der Waals surface area contributed by atoms with E-state index in [1.165, 1.54) is 5.56 Å². The predicted molar refractivity (Wildman–Crippen MR) is 52.4 cm³/mol. The maximum Gasteiger partial charge on any atom is 0.0653 e. The third-order valence-electron chi connectivity index (χ3n) is 1.98. The van der Waals surface area contributed by atoms with Crippen molar-refractivity contribution in [3.63, 3.8) is 0 Å². The van der Waals surface area contributed by atoms with Crippen molar-refractivity contribution in [1.29, 1.82) is 0 Å². The van der Waals surface area contributed by atoms with Crippen molar-refractivity contribution in [2.75, 3.05) is 0 Å². The first kappa shape index (κ1) is 8.09. The molecule has 62 valence electrons. The minimum Gasteiger partial charge on any atom is -0.292 e. The summed E-state index contributed by atoms with van der Waals surface area (Å²) < 4.78 is 0. The summed E-state index contributed by atoms with van der Waals surface area (Å²) in [5, 5.41) is 1.28. The molecule has 2 rings (SSSR count). The summed E-state index contributed by atoms with van der Waals surface area (Å²) in [7, 11) is 0. The molecule has 0 unspecified atom stereocenters. The quantitative estimate of drug-likeness (QED) is 0.610. The molecular weight excluding hydrogens is 193 g/mol. The first-order chi connectivity index (χ1) is 5.79. The van der Waals surface area contributed by atoms with Gasteiger partial charge in [0.25, 0.3) is 0 Å². The number of fused-ring (bicyclic) bond motifs is 1. The van der Waals surface area contributed by atoms with E-state index in [1.807, 2.05) is 18.3 Å². The van der Waals surface area contributed by atoms with Crippen LogP contribution in [0.15, 0.2) is 17.1 Å². The van der Waals surface area contributed by atoms with Crippen molar-refractivity contribution in [2.24, 2.45) is 4.99 Å². The van der Waals surface area contributed by atoms with E-state index < -0.39 is 0 Å². The molecule has 0 bridgehead atoms. The van der Waals surface area contributed by atoms with Crippen molar-refractivity contribution >= 4 is 29.4 Å². The van der Waals surface area contributed by atoms with Gasteiger partial charge in [-0.05, 0) is 17.2 Å². The molecule has 0 spiro atoms. The Kier molecular flexibility index (Phi) is 2.07. The molecule has 1 nitrogen and oxygen atoms in total. The van der Waals surface area contributed by atoms with E-state index in [2.05, 4.69) is 4.99 Å². The van der Waals surface area contributed by atoms with Gasteiger partial charge in [-0.3, -0.25) is 4.99 Å². The second-order valence-corrected chi connectivity index (χ2v) is 3.51. The maximum absolute atomic E-state index is 6.01. The highest BCUT2D eigenvalue weighted by atomic mass is 35.5. The van der Waals surface area contributed by atoms with Crippen LogP contribution >= 0.6 is 23.2 Å². The molecular formula is C9H7Cl2N. The molecule has 0 saturated carbocycles. The fourth-order valence-corrected chi connectivity index (χ4v) is 1.73. The number of nitrogens with zero attached hydrogens (tertiary/aromatic N) is 1. The molecule has 12 heavy (non-hydrogen) atoms. The van der Waals surface area contributed by atoms with Crippen LogP contribution in [0.5, 0.6) is 0 Å². The Bertz CT molecular complexity index is 345. The molecule has 0 atom stereocenters. The van der Waals surface area contributed by atoms with Gasteiger partial charge < -0.3 is 0 Å². The van der Waals surface area contributed by atoms with E-state index in [-0.39, 0.29) is 0 Å². The number of halogens is 2. The number of hydrogen-bond acceptors (Lipinski definition) is 1. The van der Waals surface area contributed by atoms with Gasteiger partial charge in [-0.15, -0.1) is 0 Å². The normalized spacial score (nSPS) is 14.5. The van der Waals surface area contributed by atoms with E-state index in [4.69, 9.17) is 23.2 Å². The van der Waals surface area contributed by atoms with Gasteiger partial charge >= 0.3 is 0 Å². The summed E-state index contributed by atoms with van der Waals surface area (Å²) in [6, 6.07) is 3.84. The zero-order valence-corrected chi connectivity index (χ0v) is 7.86. The van der Waals surface area contributed by atoms with Gasteiger partial charge in [0.2, 0.25) is 0 Å². The Balaban J connectivity index is 2.58. The van der Waals surface area contributed by atoms with Gasteiger partial charge in [0.15, 0.2) is 0 Å². The molecule has 1 aliphatic heterocycles.